The maximum absolute atomic E-state index is 11.8. The highest BCUT2D eigenvalue weighted by molar-refractivity contribution is 5.76. The molecule has 0 aromatic heterocycles. The predicted octanol–water partition coefficient (Wildman–Crippen LogP) is 2.56. The van der Waals surface area contributed by atoms with E-state index in [0.29, 0.717) is 30.1 Å². The minimum atomic E-state index is 0.0538. The van der Waals surface area contributed by atoms with Crippen LogP contribution < -0.4 is 19.5 Å². The van der Waals surface area contributed by atoms with Gasteiger partial charge in [0.2, 0.25) is 11.7 Å². The third-order valence-electron chi connectivity index (χ3n) is 3.39. The van der Waals surface area contributed by atoms with Crippen LogP contribution in [-0.4, -0.2) is 33.3 Å². The minimum Gasteiger partial charge on any atom is -0.493 e. The zero-order chi connectivity index (χ0) is 15.8. The number of nitrogens with one attached hydrogen (secondary N) is 1. The Morgan fingerprint density at radius 3 is 2.14 bits per heavy atom. The lowest BCUT2D eigenvalue weighted by Gasteiger charge is -2.14. The molecule has 0 bridgehead atoms. The number of methoxy groups -OCH3 is 3. The Kier molecular flexibility index (Phi) is 6.85. The Labute approximate surface area is 126 Å². The van der Waals surface area contributed by atoms with Crippen LogP contribution in [0.3, 0.4) is 0 Å². The quantitative estimate of drug-likeness (QED) is 0.801. The zero-order valence-electron chi connectivity index (χ0n) is 13.5. The van der Waals surface area contributed by atoms with Gasteiger partial charge in [-0.3, -0.25) is 4.79 Å². The number of carbonyl (C=O) groups is 1. The molecule has 1 amide bonds. The molecule has 0 saturated carbocycles. The highest BCUT2D eigenvalue weighted by atomic mass is 16.5. The molecule has 1 N–H and O–H groups in total. The number of hydrogen-bond donors (Lipinski definition) is 1. The first-order chi connectivity index (χ1) is 10.0. The average molecular weight is 295 g/mol. The molecule has 1 aromatic carbocycles. The van der Waals surface area contributed by atoms with Gasteiger partial charge in [0.25, 0.3) is 0 Å². The maximum atomic E-state index is 11.8. The van der Waals surface area contributed by atoms with Crippen LogP contribution >= 0.6 is 0 Å². The fraction of sp³-hybridized carbons (Fsp3) is 0.562. The van der Waals surface area contributed by atoms with Crippen molar-refractivity contribution in [2.24, 2.45) is 0 Å². The molecule has 0 heterocycles. The Morgan fingerprint density at radius 2 is 1.71 bits per heavy atom. The van der Waals surface area contributed by atoms with Crippen molar-refractivity contribution in [1.29, 1.82) is 0 Å². The van der Waals surface area contributed by atoms with Crippen LogP contribution in [0.5, 0.6) is 17.2 Å². The molecule has 1 aromatic rings. The molecule has 1 atom stereocenters. The van der Waals surface area contributed by atoms with E-state index >= 15 is 0 Å². The summed E-state index contributed by atoms with van der Waals surface area (Å²) < 4.78 is 15.9. The van der Waals surface area contributed by atoms with Crippen molar-refractivity contribution in [3.05, 3.63) is 17.7 Å². The Balaban J connectivity index is 2.78. The van der Waals surface area contributed by atoms with Gasteiger partial charge in [-0.2, -0.15) is 0 Å². The molecule has 21 heavy (non-hydrogen) atoms. The van der Waals surface area contributed by atoms with E-state index in [1.165, 1.54) is 0 Å². The summed E-state index contributed by atoms with van der Waals surface area (Å²) >= 11 is 0. The van der Waals surface area contributed by atoms with Gasteiger partial charge in [-0.1, -0.05) is 6.92 Å². The van der Waals surface area contributed by atoms with E-state index in [1.807, 2.05) is 26.0 Å². The maximum Gasteiger partial charge on any atom is 0.220 e. The fourth-order valence-electron chi connectivity index (χ4n) is 1.99. The van der Waals surface area contributed by atoms with E-state index in [2.05, 4.69) is 5.32 Å². The van der Waals surface area contributed by atoms with Crippen LogP contribution in [-0.2, 0) is 11.2 Å². The summed E-state index contributed by atoms with van der Waals surface area (Å²) in [7, 11) is 4.73. The van der Waals surface area contributed by atoms with Gasteiger partial charge in [-0.15, -0.1) is 0 Å². The van der Waals surface area contributed by atoms with E-state index in [4.69, 9.17) is 14.2 Å². The largest absolute Gasteiger partial charge is 0.493 e. The van der Waals surface area contributed by atoms with Crippen molar-refractivity contribution >= 4 is 5.91 Å². The number of hydrogen-bond acceptors (Lipinski definition) is 4. The van der Waals surface area contributed by atoms with E-state index in [0.717, 1.165) is 12.0 Å². The zero-order valence-corrected chi connectivity index (χ0v) is 13.5. The first-order valence-corrected chi connectivity index (χ1v) is 7.13. The number of ether oxygens (including phenoxy) is 3. The second-order valence-corrected chi connectivity index (χ2v) is 4.91. The summed E-state index contributed by atoms with van der Waals surface area (Å²) in [6.45, 7) is 4.04. The van der Waals surface area contributed by atoms with Crippen LogP contribution in [0.1, 0.15) is 32.3 Å². The Bertz CT molecular complexity index is 448. The van der Waals surface area contributed by atoms with Crippen LogP contribution in [0.15, 0.2) is 12.1 Å². The topological polar surface area (TPSA) is 56.8 Å². The van der Waals surface area contributed by atoms with Gasteiger partial charge in [-0.25, -0.2) is 0 Å². The van der Waals surface area contributed by atoms with Crippen LogP contribution in [0.25, 0.3) is 0 Å². The molecule has 0 aliphatic rings. The summed E-state index contributed by atoms with van der Waals surface area (Å²) in [5.41, 5.74) is 0.976. The smallest absolute Gasteiger partial charge is 0.220 e. The molecule has 5 heteroatoms. The second kappa shape index (κ2) is 8.39. The Morgan fingerprint density at radius 1 is 1.14 bits per heavy atom. The molecule has 5 nitrogen and oxygen atoms in total. The lowest BCUT2D eigenvalue weighted by Crippen LogP contribution is -2.32. The molecular weight excluding hydrogens is 270 g/mol. The van der Waals surface area contributed by atoms with Crippen molar-refractivity contribution < 1.29 is 19.0 Å². The van der Waals surface area contributed by atoms with Crippen LogP contribution in [0, 0.1) is 0 Å². The lowest BCUT2D eigenvalue weighted by atomic mass is 10.1. The van der Waals surface area contributed by atoms with Crippen LogP contribution in [0.4, 0.5) is 0 Å². The number of benzene rings is 1. The van der Waals surface area contributed by atoms with Crippen molar-refractivity contribution in [3.8, 4) is 17.2 Å². The molecule has 0 aliphatic carbocycles. The van der Waals surface area contributed by atoms with Gasteiger partial charge in [0.15, 0.2) is 11.5 Å². The molecule has 118 valence electrons. The minimum absolute atomic E-state index is 0.0538. The van der Waals surface area contributed by atoms with Gasteiger partial charge in [0.05, 0.1) is 21.3 Å². The van der Waals surface area contributed by atoms with Gasteiger partial charge in [0.1, 0.15) is 0 Å². The van der Waals surface area contributed by atoms with Crippen LogP contribution in [0.2, 0.25) is 0 Å². The molecule has 0 unspecified atom stereocenters. The number of carbonyl (C=O) groups excluding carboxylic acids is 1. The predicted molar refractivity (Wildman–Crippen MR) is 82.3 cm³/mol. The molecule has 1 rings (SSSR count). The highest BCUT2D eigenvalue weighted by Crippen LogP contribution is 2.38. The van der Waals surface area contributed by atoms with Crippen molar-refractivity contribution in [1.82, 2.24) is 5.32 Å². The number of rotatable bonds is 8. The monoisotopic (exact) mass is 295 g/mol. The molecule has 0 saturated heterocycles. The van der Waals surface area contributed by atoms with Gasteiger partial charge >= 0.3 is 0 Å². The molecule has 0 aliphatic heterocycles. The molecule has 0 spiro atoms. The number of aryl methyl sites for hydroxylation is 1. The first kappa shape index (κ1) is 17.1. The summed E-state index contributed by atoms with van der Waals surface area (Å²) in [5.74, 6) is 1.83. The summed E-state index contributed by atoms with van der Waals surface area (Å²) in [6, 6.07) is 3.95. The van der Waals surface area contributed by atoms with E-state index in [1.54, 1.807) is 21.3 Å². The fourth-order valence-corrected chi connectivity index (χ4v) is 1.99. The highest BCUT2D eigenvalue weighted by Gasteiger charge is 2.14. The first-order valence-electron chi connectivity index (χ1n) is 7.13. The average Bonchev–Trinajstić information content (AvgIpc) is 2.51. The molecule has 0 radical (unpaired) electrons. The molecule has 0 fully saturated rings. The Hall–Kier alpha value is -1.91. The summed E-state index contributed by atoms with van der Waals surface area (Å²) in [6.07, 6.45) is 1.98. The third-order valence-corrected chi connectivity index (χ3v) is 3.39. The van der Waals surface area contributed by atoms with E-state index in [9.17, 15) is 4.79 Å². The standard InChI is InChI=1S/C16H25NO4/c1-6-11(2)17-15(18)8-7-12-9-13(19-3)16(21-5)14(10-12)20-4/h9-11H,6-8H2,1-5H3,(H,17,18)/t11-/m0/s1. The van der Waals surface area contributed by atoms with Crippen molar-refractivity contribution in [2.75, 3.05) is 21.3 Å². The number of amides is 1. The van der Waals surface area contributed by atoms with E-state index in [-0.39, 0.29) is 11.9 Å². The summed E-state index contributed by atoms with van der Waals surface area (Å²) in [4.78, 5) is 11.8. The van der Waals surface area contributed by atoms with Gasteiger partial charge < -0.3 is 19.5 Å². The SMILES string of the molecule is CC[C@H](C)NC(=O)CCc1cc(OC)c(OC)c(OC)c1. The lowest BCUT2D eigenvalue weighted by molar-refractivity contribution is -0.121. The van der Waals surface area contributed by atoms with Gasteiger partial charge in [0, 0.05) is 12.5 Å². The van der Waals surface area contributed by atoms with E-state index < -0.39 is 0 Å². The normalized spacial score (nSPS) is 11.7. The summed E-state index contributed by atoms with van der Waals surface area (Å²) in [5, 5.41) is 2.95. The third kappa shape index (κ3) is 4.85. The van der Waals surface area contributed by atoms with Crippen molar-refractivity contribution in [2.45, 2.75) is 39.2 Å². The second-order valence-electron chi connectivity index (χ2n) is 4.91. The van der Waals surface area contributed by atoms with Crippen molar-refractivity contribution in [3.63, 3.8) is 0 Å². The van der Waals surface area contributed by atoms with Gasteiger partial charge in [-0.05, 0) is 37.5 Å². The molecular formula is C16H25NO4.